The largest absolute Gasteiger partial charge is 0.497 e. The molecule has 0 bridgehead atoms. The third-order valence-electron chi connectivity index (χ3n) is 5.48. The molecule has 1 heterocycles. The summed E-state index contributed by atoms with van der Waals surface area (Å²) in [5.74, 6) is 1.42. The zero-order chi connectivity index (χ0) is 23.1. The number of esters is 1. The van der Waals surface area contributed by atoms with Gasteiger partial charge in [-0.15, -0.1) is 0 Å². The minimum Gasteiger partial charge on any atom is -0.497 e. The topological polar surface area (TPSA) is 86.3 Å². The van der Waals surface area contributed by atoms with E-state index in [0.29, 0.717) is 36.1 Å². The number of nitrogens with one attached hydrogen (secondary N) is 1. The van der Waals surface area contributed by atoms with Gasteiger partial charge in [0.25, 0.3) is 0 Å². The van der Waals surface area contributed by atoms with E-state index < -0.39 is 0 Å². The molecule has 0 aliphatic carbocycles. The van der Waals surface area contributed by atoms with Crippen molar-refractivity contribution in [3.8, 4) is 17.2 Å². The zero-order valence-corrected chi connectivity index (χ0v) is 19.0. The molecule has 0 unspecified atom stereocenters. The third kappa shape index (κ3) is 5.50. The SMILES string of the molecule is CCOC(=O)C[C@H]1c2cc(OC)c(OC)cc2CCN1CC(=O)Nc1cccc(OC)c1. The number of benzene rings is 2. The van der Waals surface area contributed by atoms with Crippen molar-refractivity contribution in [2.75, 3.05) is 46.3 Å². The number of hydrogen-bond donors (Lipinski definition) is 1. The van der Waals surface area contributed by atoms with Crippen LogP contribution in [0.1, 0.15) is 30.5 Å². The molecule has 1 aliphatic heterocycles. The normalized spacial score (nSPS) is 15.4. The lowest BCUT2D eigenvalue weighted by Crippen LogP contribution is -2.41. The van der Waals surface area contributed by atoms with E-state index in [1.165, 1.54) is 0 Å². The molecule has 1 aliphatic rings. The first-order chi connectivity index (χ1) is 15.5. The van der Waals surface area contributed by atoms with Gasteiger partial charge < -0.3 is 24.3 Å². The Morgan fingerprint density at radius 1 is 1.06 bits per heavy atom. The number of carbonyl (C=O) groups is 2. The molecule has 0 saturated carbocycles. The van der Waals surface area contributed by atoms with Crippen LogP contribution in [0.2, 0.25) is 0 Å². The molecule has 8 nitrogen and oxygen atoms in total. The summed E-state index contributed by atoms with van der Waals surface area (Å²) in [6.07, 6.45) is 0.865. The van der Waals surface area contributed by atoms with Crippen molar-refractivity contribution in [3.63, 3.8) is 0 Å². The summed E-state index contributed by atoms with van der Waals surface area (Å²) < 4.78 is 21.3. The number of rotatable bonds is 9. The Balaban J connectivity index is 1.84. The lowest BCUT2D eigenvalue weighted by atomic mass is 9.90. The molecular weight excluding hydrogens is 412 g/mol. The third-order valence-corrected chi connectivity index (χ3v) is 5.48. The summed E-state index contributed by atoms with van der Waals surface area (Å²) in [7, 11) is 4.75. The molecule has 1 atom stereocenters. The zero-order valence-electron chi connectivity index (χ0n) is 19.0. The Morgan fingerprint density at radius 3 is 2.50 bits per heavy atom. The van der Waals surface area contributed by atoms with Gasteiger partial charge in [-0.3, -0.25) is 14.5 Å². The summed E-state index contributed by atoms with van der Waals surface area (Å²) in [5, 5.41) is 2.91. The van der Waals surface area contributed by atoms with E-state index in [1.807, 2.05) is 29.2 Å². The summed E-state index contributed by atoms with van der Waals surface area (Å²) >= 11 is 0. The van der Waals surface area contributed by atoms with Crippen molar-refractivity contribution >= 4 is 17.6 Å². The van der Waals surface area contributed by atoms with Crippen LogP contribution in [0.5, 0.6) is 17.2 Å². The highest BCUT2D eigenvalue weighted by Crippen LogP contribution is 2.39. The van der Waals surface area contributed by atoms with E-state index in [0.717, 1.165) is 17.5 Å². The minimum atomic E-state index is -0.311. The van der Waals surface area contributed by atoms with Crippen molar-refractivity contribution in [2.45, 2.75) is 25.8 Å². The first-order valence-electron chi connectivity index (χ1n) is 10.6. The Kier molecular flexibility index (Phi) is 7.94. The van der Waals surface area contributed by atoms with Gasteiger partial charge in [0.15, 0.2) is 11.5 Å². The van der Waals surface area contributed by atoms with Crippen LogP contribution in [0.25, 0.3) is 0 Å². The van der Waals surface area contributed by atoms with Crippen LogP contribution in [-0.4, -0.2) is 57.8 Å². The van der Waals surface area contributed by atoms with Gasteiger partial charge in [-0.25, -0.2) is 0 Å². The highest BCUT2D eigenvalue weighted by Gasteiger charge is 2.32. The second-order valence-corrected chi connectivity index (χ2v) is 7.43. The second-order valence-electron chi connectivity index (χ2n) is 7.43. The second kappa shape index (κ2) is 10.9. The van der Waals surface area contributed by atoms with Crippen LogP contribution in [0.15, 0.2) is 36.4 Å². The Hall–Kier alpha value is -3.26. The predicted octanol–water partition coefficient (Wildman–Crippen LogP) is 3.20. The number of ether oxygens (including phenoxy) is 4. The summed E-state index contributed by atoms with van der Waals surface area (Å²) in [6, 6.07) is 10.7. The number of methoxy groups -OCH3 is 3. The number of anilines is 1. The van der Waals surface area contributed by atoms with Gasteiger partial charge in [0.1, 0.15) is 5.75 Å². The lowest BCUT2D eigenvalue weighted by Gasteiger charge is -2.37. The van der Waals surface area contributed by atoms with Gasteiger partial charge >= 0.3 is 5.97 Å². The average molecular weight is 443 g/mol. The molecule has 32 heavy (non-hydrogen) atoms. The molecule has 8 heteroatoms. The molecule has 0 fully saturated rings. The monoisotopic (exact) mass is 442 g/mol. The van der Waals surface area contributed by atoms with Gasteiger partial charge in [-0.05, 0) is 48.7 Å². The van der Waals surface area contributed by atoms with Gasteiger partial charge in [-0.1, -0.05) is 6.07 Å². The van der Waals surface area contributed by atoms with E-state index in [2.05, 4.69) is 5.32 Å². The molecule has 0 radical (unpaired) electrons. The molecule has 172 valence electrons. The van der Waals surface area contributed by atoms with Crippen LogP contribution in [0.3, 0.4) is 0 Å². The van der Waals surface area contributed by atoms with Gasteiger partial charge in [0, 0.05) is 24.3 Å². The highest BCUT2D eigenvalue weighted by atomic mass is 16.5. The van der Waals surface area contributed by atoms with E-state index >= 15 is 0 Å². The summed E-state index contributed by atoms with van der Waals surface area (Å²) in [5.41, 5.74) is 2.66. The fourth-order valence-corrected chi connectivity index (χ4v) is 3.97. The van der Waals surface area contributed by atoms with E-state index in [1.54, 1.807) is 40.4 Å². The smallest absolute Gasteiger partial charge is 0.307 e. The number of nitrogens with zero attached hydrogens (tertiary/aromatic N) is 1. The molecule has 1 N–H and O–H groups in total. The molecule has 1 amide bonds. The lowest BCUT2D eigenvalue weighted by molar-refractivity contribution is -0.145. The maximum Gasteiger partial charge on any atom is 0.307 e. The Morgan fingerprint density at radius 2 is 1.81 bits per heavy atom. The van der Waals surface area contributed by atoms with Crippen LogP contribution in [-0.2, 0) is 20.7 Å². The molecular formula is C24H30N2O6. The van der Waals surface area contributed by atoms with E-state index in [-0.39, 0.29) is 30.9 Å². The maximum absolute atomic E-state index is 12.8. The average Bonchev–Trinajstić information content (AvgIpc) is 2.79. The molecule has 2 aromatic rings. The molecule has 0 saturated heterocycles. The van der Waals surface area contributed by atoms with E-state index in [9.17, 15) is 9.59 Å². The maximum atomic E-state index is 12.8. The molecule has 0 aromatic heterocycles. The van der Waals surface area contributed by atoms with Gasteiger partial charge in [0.05, 0.1) is 40.9 Å². The van der Waals surface area contributed by atoms with Gasteiger partial charge in [-0.2, -0.15) is 0 Å². The highest BCUT2D eigenvalue weighted by molar-refractivity contribution is 5.92. The van der Waals surface area contributed by atoms with Crippen molar-refractivity contribution < 1.29 is 28.5 Å². The summed E-state index contributed by atoms with van der Waals surface area (Å²) in [4.78, 5) is 27.2. The van der Waals surface area contributed by atoms with Crippen LogP contribution >= 0.6 is 0 Å². The standard InChI is InChI=1S/C24H30N2O6/c1-5-32-24(28)14-20-19-13-22(31-4)21(30-3)11-16(19)9-10-26(20)15-23(27)25-17-7-6-8-18(12-17)29-2/h6-8,11-13,20H,5,9-10,14-15H2,1-4H3,(H,25,27)/t20-/m0/s1. The number of fused-ring (bicyclic) bond motifs is 1. The van der Waals surface area contributed by atoms with Crippen molar-refractivity contribution in [3.05, 3.63) is 47.5 Å². The van der Waals surface area contributed by atoms with Gasteiger partial charge in [0.2, 0.25) is 5.91 Å². The Bertz CT molecular complexity index is 962. The Labute approximate surface area is 188 Å². The first-order valence-corrected chi connectivity index (χ1v) is 10.6. The fourth-order valence-electron chi connectivity index (χ4n) is 3.97. The molecule has 3 rings (SSSR count). The van der Waals surface area contributed by atoms with Crippen molar-refractivity contribution in [1.82, 2.24) is 4.90 Å². The number of amides is 1. The van der Waals surface area contributed by atoms with E-state index in [4.69, 9.17) is 18.9 Å². The quantitative estimate of drug-likeness (QED) is 0.597. The fraction of sp³-hybridized carbons (Fsp3) is 0.417. The number of carbonyl (C=O) groups excluding carboxylic acids is 2. The summed E-state index contributed by atoms with van der Waals surface area (Å²) in [6.45, 7) is 2.84. The van der Waals surface area contributed by atoms with Crippen molar-refractivity contribution in [1.29, 1.82) is 0 Å². The molecule has 0 spiro atoms. The minimum absolute atomic E-state index is 0.134. The first kappa shape index (κ1) is 23.4. The van der Waals surface area contributed by atoms with Crippen LogP contribution in [0, 0.1) is 0 Å². The van der Waals surface area contributed by atoms with Crippen LogP contribution in [0.4, 0.5) is 5.69 Å². The predicted molar refractivity (Wildman–Crippen MR) is 120 cm³/mol. The van der Waals surface area contributed by atoms with Crippen molar-refractivity contribution in [2.24, 2.45) is 0 Å². The number of hydrogen-bond acceptors (Lipinski definition) is 7. The van der Waals surface area contributed by atoms with Crippen LogP contribution < -0.4 is 19.5 Å². The molecule has 2 aromatic carbocycles.